The van der Waals surface area contributed by atoms with Gasteiger partial charge in [0, 0.05) is 42.3 Å². The highest BCUT2D eigenvalue weighted by Gasteiger charge is 2.29. The average Bonchev–Trinajstić information content (AvgIpc) is 3.18. The molecule has 1 fully saturated rings. The van der Waals surface area contributed by atoms with E-state index in [1.54, 1.807) is 0 Å². The summed E-state index contributed by atoms with van der Waals surface area (Å²) in [5.41, 5.74) is 2.76. The van der Waals surface area contributed by atoms with Crippen molar-refractivity contribution in [2.45, 2.75) is 51.2 Å². The summed E-state index contributed by atoms with van der Waals surface area (Å²) in [7, 11) is 0. The van der Waals surface area contributed by atoms with Crippen LogP contribution in [-0.4, -0.2) is 39.4 Å². The van der Waals surface area contributed by atoms with E-state index in [2.05, 4.69) is 22.2 Å². The number of aromatic amines is 1. The molecule has 1 amide bonds. The van der Waals surface area contributed by atoms with Gasteiger partial charge in [-0.2, -0.15) is 0 Å². The fraction of sp³-hybridized carbons (Fsp3) is 0.391. The average molecular weight is 377 g/mol. The monoisotopic (exact) mass is 376 g/mol. The number of benzene rings is 1. The van der Waals surface area contributed by atoms with E-state index in [0.29, 0.717) is 11.7 Å². The third-order valence-corrected chi connectivity index (χ3v) is 5.75. The summed E-state index contributed by atoms with van der Waals surface area (Å²) in [6, 6.07) is 16.7. The molecule has 5 heteroatoms. The Balaban J connectivity index is 1.42. The minimum absolute atomic E-state index is 0.106. The minimum Gasteiger partial charge on any atom is -0.351 e. The summed E-state index contributed by atoms with van der Waals surface area (Å²) in [5.74, 6) is 0.106. The fourth-order valence-corrected chi connectivity index (χ4v) is 4.30. The van der Waals surface area contributed by atoms with Gasteiger partial charge in [-0.3, -0.25) is 9.78 Å². The summed E-state index contributed by atoms with van der Waals surface area (Å²) < 4.78 is 0. The number of carbonyl (C=O) groups is 1. The van der Waals surface area contributed by atoms with E-state index in [1.807, 2.05) is 59.6 Å². The van der Waals surface area contributed by atoms with E-state index < -0.39 is 0 Å². The van der Waals surface area contributed by atoms with Crippen LogP contribution in [-0.2, 0) is 6.54 Å². The van der Waals surface area contributed by atoms with E-state index in [1.165, 1.54) is 0 Å². The smallest absolute Gasteiger partial charge is 0.270 e. The van der Waals surface area contributed by atoms with Gasteiger partial charge in [0.15, 0.2) is 0 Å². The molecule has 1 aliphatic rings. The third-order valence-electron chi connectivity index (χ3n) is 5.75. The first kappa shape index (κ1) is 18.7. The van der Waals surface area contributed by atoms with E-state index in [4.69, 9.17) is 0 Å². The van der Waals surface area contributed by atoms with Crippen LogP contribution in [0, 0.1) is 0 Å². The number of hydrogen-bond acceptors (Lipinski definition) is 3. The lowest BCUT2D eigenvalue weighted by Gasteiger charge is -2.37. The molecule has 28 heavy (non-hydrogen) atoms. The molecule has 2 N–H and O–H groups in total. The predicted octanol–water partition coefficient (Wildman–Crippen LogP) is 4.13. The van der Waals surface area contributed by atoms with Gasteiger partial charge in [0.25, 0.3) is 5.91 Å². The Labute approximate surface area is 166 Å². The number of H-pyrrole nitrogens is 1. The number of carbonyl (C=O) groups excluding carboxylic acids is 1. The molecule has 2 heterocycles. The molecule has 0 unspecified atom stereocenters. The normalized spacial score (nSPS) is 19.6. The van der Waals surface area contributed by atoms with Gasteiger partial charge in [0.1, 0.15) is 5.69 Å². The molecular formula is C23H28N4O. The van der Waals surface area contributed by atoms with Gasteiger partial charge in [0.2, 0.25) is 0 Å². The topological polar surface area (TPSA) is 61.0 Å². The molecular weight excluding hydrogens is 348 g/mol. The molecule has 5 nitrogen and oxygen atoms in total. The Morgan fingerprint density at radius 3 is 2.86 bits per heavy atom. The van der Waals surface area contributed by atoms with E-state index in [-0.39, 0.29) is 11.9 Å². The number of para-hydroxylation sites is 1. The lowest BCUT2D eigenvalue weighted by molar-refractivity contribution is 0.0623. The number of amides is 1. The summed E-state index contributed by atoms with van der Waals surface area (Å²) in [4.78, 5) is 22.9. The van der Waals surface area contributed by atoms with Crippen LogP contribution in [0.5, 0.6) is 0 Å². The van der Waals surface area contributed by atoms with Crippen molar-refractivity contribution in [1.82, 2.24) is 20.2 Å². The van der Waals surface area contributed by atoms with Gasteiger partial charge in [-0.25, -0.2) is 0 Å². The van der Waals surface area contributed by atoms with Crippen molar-refractivity contribution in [2.75, 3.05) is 6.54 Å². The lowest BCUT2D eigenvalue weighted by Crippen LogP contribution is -2.46. The maximum atomic E-state index is 13.2. The van der Waals surface area contributed by atoms with Crippen LogP contribution in [0.2, 0.25) is 0 Å². The van der Waals surface area contributed by atoms with Crippen LogP contribution in [0.3, 0.4) is 0 Å². The summed E-state index contributed by atoms with van der Waals surface area (Å²) in [5, 5.41) is 4.72. The van der Waals surface area contributed by atoms with Gasteiger partial charge < -0.3 is 15.2 Å². The molecule has 0 aliphatic heterocycles. The van der Waals surface area contributed by atoms with E-state index >= 15 is 0 Å². The van der Waals surface area contributed by atoms with Crippen LogP contribution < -0.4 is 5.32 Å². The highest BCUT2D eigenvalue weighted by molar-refractivity contribution is 5.98. The molecule has 2 atom stereocenters. The quantitative estimate of drug-likeness (QED) is 0.680. The van der Waals surface area contributed by atoms with Crippen LogP contribution >= 0.6 is 0 Å². The molecule has 1 saturated carbocycles. The first-order valence-corrected chi connectivity index (χ1v) is 10.3. The van der Waals surface area contributed by atoms with Crippen molar-refractivity contribution in [3.8, 4) is 0 Å². The third kappa shape index (κ3) is 4.09. The van der Waals surface area contributed by atoms with Gasteiger partial charge in [-0.05, 0) is 56.9 Å². The minimum atomic E-state index is 0.106. The number of aromatic nitrogens is 2. The van der Waals surface area contributed by atoms with Crippen molar-refractivity contribution < 1.29 is 4.79 Å². The number of nitrogens with zero attached hydrogens (tertiary/aromatic N) is 2. The number of nitrogens with one attached hydrogen (secondary N) is 2. The zero-order valence-corrected chi connectivity index (χ0v) is 16.4. The zero-order valence-electron chi connectivity index (χ0n) is 16.4. The van der Waals surface area contributed by atoms with Gasteiger partial charge in [-0.15, -0.1) is 0 Å². The van der Waals surface area contributed by atoms with E-state index in [0.717, 1.165) is 55.4 Å². The predicted molar refractivity (Wildman–Crippen MR) is 112 cm³/mol. The maximum Gasteiger partial charge on any atom is 0.270 e. The second kappa shape index (κ2) is 8.57. The number of hydrogen-bond donors (Lipinski definition) is 2. The maximum absolute atomic E-state index is 13.2. The van der Waals surface area contributed by atoms with Crippen molar-refractivity contribution in [3.63, 3.8) is 0 Å². The first-order valence-electron chi connectivity index (χ1n) is 10.3. The van der Waals surface area contributed by atoms with Crippen LogP contribution in [0.1, 0.15) is 48.8 Å². The largest absolute Gasteiger partial charge is 0.351 e. The molecule has 2 aromatic heterocycles. The van der Waals surface area contributed by atoms with Gasteiger partial charge >= 0.3 is 0 Å². The van der Waals surface area contributed by atoms with Gasteiger partial charge in [-0.1, -0.05) is 24.3 Å². The van der Waals surface area contributed by atoms with Crippen LogP contribution in [0.4, 0.5) is 0 Å². The molecule has 0 bridgehead atoms. The molecule has 0 spiro atoms. The van der Waals surface area contributed by atoms with Crippen LogP contribution in [0.25, 0.3) is 10.9 Å². The fourth-order valence-electron chi connectivity index (χ4n) is 4.30. The lowest BCUT2D eigenvalue weighted by atomic mass is 9.89. The van der Waals surface area contributed by atoms with Crippen LogP contribution in [0.15, 0.2) is 54.7 Å². The Bertz CT molecular complexity index is 888. The molecule has 1 aromatic carbocycles. The highest BCUT2D eigenvalue weighted by Crippen LogP contribution is 2.25. The summed E-state index contributed by atoms with van der Waals surface area (Å²) in [6.07, 6.45) is 6.19. The van der Waals surface area contributed by atoms with Crippen molar-refractivity contribution in [1.29, 1.82) is 0 Å². The standard InChI is InChI=1S/C23H28N4O/c1-2-27(23(28)22-14-17-8-3-4-12-21(17)26-22)20-11-7-10-18(15-20)25-16-19-9-5-6-13-24-19/h3-6,8-9,12-14,18,20,25-26H,2,7,10-11,15-16H2,1H3/t18-,20+/m1/s1. The van der Waals surface area contributed by atoms with E-state index in [9.17, 15) is 4.79 Å². The Kier molecular flexibility index (Phi) is 5.72. The Morgan fingerprint density at radius 2 is 2.07 bits per heavy atom. The second-order valence-electron chi connectivity index (χ2n) is 7.58. The molecule has 4 rings (SSSR count). The number of fused-ring (bicyclic) bond motifs is 1. The highest BCUT2D eigenvalue weighted by atomic mass is 16.2. The van der Waals surface area contributed by atoms with Crippen molar-refractivity contribution >= 4 is 16.8 Å². The summed E-state index contributed by atoms with van der Waals surface area (Å²) >= 11 is 0. The second-order valence-corrected chi connectivity index (χ2v) is 7.58. The zero-order chi connectivity index (χ0) is 19.3. The summed E-state index contributed by atoms with van der Waals surface area (Å²) in [6.45, 7) is 3.58. The molecule has 0 saturated heterocycles. The Morgan fingerprint density at radius 1 is 1.21 bits per heavy atom. The molecule has 3 aromatic rings. The Hall–Kier alpha value is -2.66. The molecule has 1 aliphatic carbocycles. The molecule has 146 valence electrons. The van der Waals surface area contributed by atoms with Crippen molar-refractivity contribution in [3.05, 3.63) is 66.1 Å². The first-order chi connectivity index (χ1) is 13.7. The van der Waals surface area contributed by atoms with Gasteiger partial charge in [0.05, 0.1) is 5.69 Å². The number of pyridine rings is 1. The van der Waals surface area contributed by atoms with Crippen molar-refractivity contribution in [2.24, 2.45) is 0 Å². The molecule has 0 radical (unpaired) electrons. The number of rotatable bonds is 6. The SMILES string of the molecule is CCN(C(=O)c1cc2ccccc2[nH]1)[C@H]1CCC[C@@H](NCc2ccccn2)C1.